The summed E-state index contributed by atoms with van der Waals surface area (Å²) in [6.07, 6.45) is 0. The topological polar surface area (TPSA) is 67.9 Å². The van der Waals surface area contributed by atoms with E-state index >= 15 is 0 Å². The smallest absolute Gasteiger partial charge is 0.150 e. The molecule has 2 aromatic rings. The highest BCUT2D eigenvalue weighted by Gasteiger charge is 2.29. The molecule has 2 aliphatic rings. The van der Waals surface area contributed by atoms with Crippen LogP contribution in [0.5, 0.6) is 0 Å². The molecule has 2 aromatic heterocycles. The fourth-order valence-electron chi connectivity index (χ4n) is 4.50. The van der Waals surface area contributed by atoms with Gasteiger partial charge < -0.3 is 9.13 Å². The van der Waals surface area contributed by atoms with Gasteiger partial charge in [-0.05, 0) is 13.8 Å². The van der Waals surface area contributed by atoms with Gasteiger partial charge >= 0.3 is 0 Å². The Bertz CT molecular complexity index is 870. The minimum absolute atomic E-state index is 0.245. The maximum Gasteiger partial charge on any atom is 0.150 e. The molecule has 0 amide bonds. The molecule has 8 nitrogen and oxygen atoms in total. The molecule has 2 atom stereocenters. The maximum atomic E-state index is 4.46. The maximum absolute atomic E-state index is 4.46. The van der Waals surface area contributed by atoms with Crippen LogP contribution < -0.4 is 0 Å². The molecule has 30 heavy (non-hydrogen) atoms. The van der Waals surface area contributed by atoms with Crippen LogP contribution in [0.3, 0.4) is 0 Å². The van der Waals surface area contributed by atoms with E-state index in [-0.39, 0.29) is 12.1 Å². The van der Waals surface area contributed by atoms with Crippen LogP contribution in [0.2, 0.25) is 0 Å². The normalized spacial score (nSPS) is 22.1. The highest BCUT2D eigenvalue weighted by atomic mass is 15.4. The third kappa shape index (κ3) is 3.77. The summed E-state index contributed by atoms with van der Waals surface area (Å²) in [5, 5.41) is 17.7. The van der Waals surface area contributed by atoms with Crippen LogP contribution >= 0.6 is 0 Å². The summed E-state index contributed by atoms with van der Waals surface area (Å²) < 4.78 is 4.58. The van der Waals surface area contributed by atoms with E-state index in [1.807, 2.05) is 0 Å². The third-order valence-corrected chi connectivity index (χ3v) is 6.40. The fraction of sp³-hybridized carbons (Fsp3) is 0.727. The Kier molecular flexibility index (Phi) is 5.94. The summed E-state index contributed by atoms with van der Waals surface area (Å²) >= 11 is 0. The molecule has 8 heteroatoms. The van der Waals surface area contributed by atoms with Gasteiger partial charge in [-0.2, -0.15) is 0 Å². The van der Waals surface area contributed by atoms with Crippen LogP contribution in [0, 0.1) is 11.8 Å². The van der Waals surface area contributed by atoms with Gasteiger partial charge in [0.2, 0.25) is 0 Å². The van der Waals surface area contributed by atoms with Crippen molar-refractivity contribution in [1.29, 1.82) is 0 Å². The largest absolute Gasteiger partial charge is 0.312 e. The molecule has 162 valence electrons. The number of rotatable bonds is 4. The van der Waals surface area contributed by atoms with E-state index in [0.29, 0.717) is 11.8 Å². The first-order valence-corrected chi connectivity index (χ1v) is 11.2. The van der Waals surface area contributed by atoms with E-state index in [0.717, 1.165) is 62.6 Å². The van der Waals surface area contributed by atoms with Crippen molar-refractivity contribution in [2.75, 3.05) is 26.2 Å². The van der Waals surface area contributed by atoms with Gasteiger partial charge in [0.25, 0.3) is 0 Å². The molecule has 0 spiro atoms. The summed E-state index contributed by atoms with van der Waals surface area (Å²) in [6.45, 7) is 18.5. The van der Waals surface area contributed by atoms with E-state index in [9.17, 15) is 0 Å². The van der Waals surface area contributed by atoms with Crippen molar-refractivity contribution in [2.45, 2.75) is 78.6 Å². The monoisotopic (exact) mass is 410 g/mol. The average molecular weight is 411 g/mol. The van der Waals surface area contributed by atoms with Crippen molar-refractivity contribution in [3.8, 4) is 11.8 Å². The van der Waals surface area contributed by atoms with Gasteiger partial charge in [-0.25, -0.2) is 0 Å². The number of aromatic nitrogens is 6. The Hall–Kier alpha value is -2.24. The summed E-state index contributed by atoms with van der Waals surface area (Å²) in [4.78, 5) is 4.79. The van der Waals surface area contributed by atoms with Crippen molar-refractivity contribution < 1.29 is 0 Å². The van der Waals surface area contributed by atoms with Crippen LogP contribution in [-0.2, 0) is 13.1 Å². The Morgan fingerprint density at radius 3 is 1.47 bits per heavy atom. The first-order chi connectivity index (χ1) is 14.4. The molecule has 2 aliphatic heterocycles. The second-order valence-corrected chi connectivity index (χ2v) is 9.09. The van der Waals surface area contributed by atoms with Crippen LogP contribution in [0.4, 0.5) is 0 Å². The van der Waals surface area contributed by atoms with E-state index < -0.39 is 0 Å². The number of fused-ring (bicyclic) bond motifs is 2. The lowest BCUT2D eigenvalue weighted by atomic mass is 10.1. The van der Waals surface area contributed by atoms with E-state index in [1.54, 1.807) is 0 Å². The first kappa shape index (κ1) is 21.0. The highest BCUT2D eigenvalue weighted by molar-refractivity contribution is 5.12. The number of hydrogen-bond donors (Lipinski definition) is 0. The molecule has 0 fully saturated rings. The van der Waals surface area contributed by atoms with Crippen LogP contribution in [0.25, 0.3) is 0 Å². The molecule has 0 N–H and O–H groups in total. The van der Waals surface area contributed by atoms with Gasteiger partial charge in [-0.3, -0.25) is 9.80 Å². The molecule has 0 saturated carbocycles. The van der Waals surface area contributed by atoms with Crippen LogP contribution in [0.15, 0.2) is 0 Å². The lowest BCUT2D eigenvalue weighted by Gasteiger charge is -2.33. The standard InChI is InChI=1S/C22H34N8/c1-15(2)19-23-25-21-17(5)27(11-13-29(19)21)9-7-8-10-28-12-14-30-20(16(3)4)24-26-22(30)18(28)6/h15-18H,9-14H2,1-6H3. The van der Waals surface area contributed by atoms with Gasteiger partial charge in [0.05, 0.1) is 25.2 Å². The molecular formula is C22H34N8. The number of nitrogens with zero attached hydrogens (tertiary/aromatic N) is 8. The average Bonchev–Trinajstić information content (AvgIpc) is 3.33. The van der Waals surface area contributed by atoms with Crippen molar-refractivity contribution in [2.24, 2.45) is 0 Å². The van der Waals surface area contributed by atoms with Gasteiger partial charge in [0.15, 0.2) is 0 Å². The Balaban J connectivity index is 1.35. The second-order valence-electron chi connectivity index (χ2n) is 9.09. The predicted octanol–water partition coefficient (Wildman–Crippen LogP) is 2.57. The summed E-state index contributed by atoms with van der Waals surface area (Å²) in [5.74, 6) is 11.9. The molecule has 2 unspecified atom stereocenters. The molecule has 0 aromatic carbocycles. The summed E-state index contributed by atoms with van der Waals surface area (Å²) in [6, 6.07) is 0.491. The lowest BCUT2D eigenvalue weighted by Crippen LogP contribution is -2.38. The van der Waals surface area contributed by atoms with E-state index in [4.69, 9.17) is 0 Å². The summed E-state index contributed by atoms with van der Waals surface area (Å²) in [7, 11) is 0. The molecule has 4 heterocycles. The predicted molar refractivity (Wildman–Crippen MR) is 116 cm³/mol. The number of hydrogen-bond acceptors (Lipinski definition) is 6. The molecule has 0 saturated heterocycles. The Labute approximate surface area is 179 Å². The molecule has 0 aliphatic carbocycles. The lowest BCUT2D eigenvalue weighted by molar-refractivity contribution is 0.181. The molecule has 4 rings (SSSR count). The van der Waals surface area contributed by atoms with Gasteiger partial charge in [-0.1, -0.05) is 39.5 Å². The Morgan fingerprint density at radius 2 is 1.10 bits per heavy atom. The minimum Gasteiger partial charge on any atom is -0.312 e. The van der Waals surface area contributed by atoms with E-state index in [2.05, 4.69) is 92.7 Å². The van der Waals surface area contributed by atoms with Gasteiger partial charge in [0.1, 0.15) is 23.3 Å². The molecule has 0 radical (unpaired) electrons. The van der Waals surface area contributed by atoms with E-state index in [1.165, 1.54) is 0 Å². The molecular weight excluding hydrogens is 376 g/mol. The minimum atomic E-state index is 0.245. The fourth-order valence-corrected chi connectivity index (χ4v) is 4.50. The van der Waals surface area contributed by atoms with Crippen molar-refractivity contribution in [3.63, 3.8) is 0 Å². The van der Waals surface area contributed by atoms with Crippen LogP contribution in [-0.4, -0.2) is 65.5 Å². The van der Waals surface area contributed by atoms with Crippen molar-refractivity contribution in [1.82, 2.24) is 39.3 Å². The van der Waals surface area contributed by atoms with Crippen molar-refractivity contribution >= 4 is 0 Å². The third-order valence-electron chi connectivity index (χ3n) is 6.40. The summed E-state index contributed by atoms with van der Waals surface area (Å²) in [5.41, 5.74) is 0. The quantitative estimate of drug-likeness (QED) is 0.722. The zero-order chi connectivity index (χ0) is 21.4. The first-order valence-electron chi connectivity index (χ1n) is 11.2. The van der Waals surface area contributed by atoms with Gasteiger partial charge in [0, 0.05) is 38.0 Å². The van der Waals surface area contributed by atoms with Gasteiger partial charge in [-0.15, -0.1) is 20.4 Å². The Morgan fingerprint density at radius 1 is 0.700 bits per heavy atom. The second kappa shape index (κ2) is 8.48. The zero-order valence-corrected chi connectivity index (χ0v) is 19.1. The van der Waals surface area contributed by atoms with Crippen LogP contribution in [0.1, 0.15) is 88.8 Å². The molecule has 0 bridgehead atoms. The highest BCUT2D eigenvalue weighted by Crippen LogP contribution is 2.27. The zero-order valence-electron chi connectivity index (χ0n) is 19.1. The SMILES string of the molecule is CC(C)c1nnc2n1CCN(CC#CCN1CCn3c(C(C)C)nnc3C1C)C2C. The van der Waals surface area contributed by atoms with Crippen molar-refractivity contribution in [3.05, 3.63) is 23.3 Å².